The molecule has 3 rings (SSSR count). The number of anilines is 3. The second-order valence-electron chi connectivity index (χ2n) is 5.74. The zero-order chi connectivity index (χ0) is 18.7. The number of rotatable bonds is 4. The van der Waals surface area contributed by atoms with E-state index in [2.05, 4.69) is 20.6 Å². The van der Waals surface area contributed by atoms with Crippen molar-refractivity contribution in [3.8, 4) is 0 Å². The van der Waals surface area contributed by atoms with Gasteiger partial charge in [-0.3, -0.25) is 4.79 Å². The molecule has 0 spiro atoms. The number of carbonyl (C=O) groups is 1. The first-order chi connectivity index (χ1) is 12.4. The minimum absolute atomic E-state index is 0.0141. The molecule has 0 saturated heterocycles. The van der Waals surface area contributed by atoms with E-state index in [1.165, 1.54) is 12.4 Å². The van der Waals surface area contributed by atoms with Crippen LogP contribution in [-0.4, -0.2) is 15.9 Å². The Kier molecular flexibility index (Phi) is 4.88. The van der Waals surface area contributed by atoms with Crippen LogP contribution in [0, 0.1) is 25.5 Å². The summed E-state index contributed by atoms with van der Waals surface area (Å²) >= 11 is 0. The molecule has 26 heavy (non-hydrogen) atoms. The number of nitrogens with one attached hydrogen (secondary N) is 2. The third kappa shape index (κ3) is 3.83. The fourth-order valence-corrected chi connectivity index (χ4v) is 2.31. The van der Waals surface area contributed by atoms with Crippen molar-refractivity contribution >= 4 is 23.1 Å². The maximum absolute atomic E-state index is 13.6. The number of nitrogens with zero attached hydrogens (tertiary/aromatic N) is 2. The summed E-state index contributed by atoms with van der Waals surface area (Å²) in [6.07, 6.45) is 2.70. The molecule has 5 nitrogen and oxygen atoms in total. The van der Waals surface area contributed by atoms with Gasteiger partial charge < -0.3 is 10.6 Å². The van der Waals surface area contributed by atoms with E-state index in [0.29, 0.717) is 11.9 Å². The molecule has 2 aromatic carbocycles. The van der Waals surface area contributed by atoms with Crippen LogP contribution in [0.4, 0.5) is 26.0 Å². The van der Waals surface area contributed by atoms with Gasteiger partial charge in [-0.25, -0.2) is 18.7 Å². The number of halogens is 2. The van der Waals surface area contributed by atoms with E-state index in [1.807, 2.05) is 32.0 Å². The van der Waals surface area contributed by atoms with E-state index >= 15 is 0 Å². The number of hydrogen-bond donors (Lipinski definition) is 2. The molecule has 0 bridgehead atoms. The Hall–Kier alpha value is -3.35. The second kappa shape index (κ2) is 7.26. The molecule has 1 heterocycles. The minimum atomic E-state index is -0.862. The fourth-order valence-electron chi connectivity index (χ4n) is 2.31. The maximum atomic E-state index is 13.6. The summed E-state index contributed by atoms with van der Waals surface area (Å²) in [5.41, 5.74) is 3.00. The Labute approximate surface area is 149 Å². The summed E-state index contributed by atoms with van der Waals surface area (Å²) in [7, 11) is 0. The largest absolute Gasteiger partial charge is 0.339 e. The average Bonchev–Trinajstić information content (AvgIpc) is 2.62. The highest BCUT2D eigenvalue weighted by atomic mass is 19.1. The number of aromatic nitrogens is 2. The first kappa shape index (κ1) is 17.5. The van der Waals surface area contributed by atoms with Crippen LogP contribution in [0.15, 0.2) is 48.8 Å². The highest BCUT2D eigenvalue weighted by molar-refractivity contribution is 6.02. The topological polar surface area (TPSA) is 66.9 Å². The average molecular weight is 354 g/mol. The van der Waals surface area contributed by atoms with Gasteiger partial charge in [-0.05, 0) is 43.2 Å². The van der Waals surface area contributed by atoms with Crippen LogP contribution in [0.3, 0.4) is 0 Å². The van der Waals surface area contributed by atoms with Crippen molar-refractivity contribution in [2.75, 3.05) is 10.6 Å². The molecule has 0 saturated carbocycles. The summed E-state index contributed by atoms with van der Waals surface area (Å²) in [5, 5.41) is 5.47. The molecule has 1 amide bonds. The van der Waals surface area contributed by atoms with Crippen molar-refractivity contribution in [3.63, 3.8) is 0 Å². The van der Waals surface area contributed by atoms with Crippen molar-refractivity contribution in [1.82, 2.24) is 9.97 Å². The summed E-state index contributed by atoms with van der Waals surface area (Å²) < 4.78 is 26.5. The van der Waals surface area contributed by atoms with Gasteiger partial charge in [0.1, 0.15) is 23.1 Å². The lowest BCUT2D eigenvalue weighted by atomic mass is 10.1. The highest BCUT2D eigenvalue weighted by Crippen LogP contribution is 2.21. The van der Waals surface area contributed by atoms with Crippen molar-refractivity contribution in [1.29, 1.82) is 0 Å². The number of hydrogen-bond acceptors (Lipinski definition) is 4. The Morgan fingerprint density at radius 1 is 1.00 bits per heavy atom. The SMILES string of the molecule is Cc1cccc(Nc2cnc(C(=O)Nc3ccc(F)cc3F)cn2)c1C. The van der Waals surface area contributed by atoms with Crippen molar-refractivity contribution < 1.29 is 13.6 Å². The summed E-state index contributed by atoms with van der Waals surface area (Å²) in [4.78, 5) is 20.3. The molecule has 2 N–H and O–H groups in total. The van der Waals surface area contributed by atoms with Crippen molar-refractivity contribution in [2.45, 2.75) is 13.8 Å². The fraction of sp³-hybridized carbons (Fsp3) is 0.105. The normalized spacial score (nSPS) is 10.5. The second-order valence-corrected chi connectivity index (χ2v) is 5.74. The molecule has 0 unspecified atom stereocenters. The molecule has 0 aliphatic carbocycles. The molecule has 0 fully saturated rings. The third-order valence-electron chi connectivity index (χ3n) is 3.93. The summed E-state index contributed by atoms with van der Waals surface area (Å²) in [6.45, 7) is 4.00. The zero-order valence-electron chi connectivity index (χ0n) is 14.2. The standard InChI is InChI=1S/C19H16F2N4O/c1-11-4-3-5-15(12(11)2)24-18-10-22-17(9-23-18)19(26)25-16-7-6-13(20)8-14(16)21/h3-10H,1-2H3,(H,23,24)(H,25,26). The Balaban J connectivity index is 1.72. The number of carbonyl (C=O) groups excluding carboxylic acids is 1. The molecule has 3 aromatic rings. The van der Waals surface area contributed by atoms with Gasteiger partial charge >= 0.3 is 0 Å². The Morgan fingerprint density at radius 2 is 1.81 bits per heavy atom. The van der Waals surface area contributed by atoms with Gasteiger partial charge in [0.25, 0.3) is 5.91 Å². The van der Waals surface area contributed by atoms with E-state index in [-0.39, 0.29) is 11.4 Å². The van der Waals surface area contributed by atoms with Gasteiger partial charge in [0.2, 0.25) is 0 Å². The lowest BCUT2D eigenvalue weighted by Gasteiger charge is -2.11. The van der Waals surface area contributed by atoms with Gasteiger partial charge in [0, 0.05) is 11.8 Å². The molecule has 0 radical (unpaired) electrons. The van der Waals surface area contributed by atoms with Gasteiger partial charge in [0.15, 0.2) is 0 Å². The monoisotopic (exact) mass is 354 g/mol. The first-order valence-corrected chi connectivity index (χ1v) is 7.86. The molecule has 0 aliphatic heterocycles. The molecular formula is C19H16F2N4O. The van der Waals surface area contributed by atoms with Gasteiger partial charge in [-0.15, -0.1) is 0 Å². The van der Waals surface area contributed by atoms with Crippen LogP contribution in [0.1, 0.15) is 21.6 Å². The first-order valence-electron chi connectivity index (χ1n) is 7.86. The van der Waals surface area contributed by atoms with E-state index in [4.69, 9.17) is 0 Å². The number of benzene rings is 2. The minimum Gasteiger partial charge on any atom is -0.339 e. The van der Waals surface area contributed by atoms with E-state index in [1.54, 1.807) is 0 Å². The van der Waals surface area contributed by atoms with E-state index < -0.39 is 17.5 Å². The quantitative estimate of drug-likeness (QED) is 0.730. The predicted molar refractivity (Wildman–Crippen MR) is 95.5 cm³/mol. The van der Waals surface area contributed by atoms with Crippen LogP contribution in [-0.2, 0) is 0 Å². The Morgan fingerprint density at radius 3 is 2.50 bits per heavy atom. The van der Waals surface area contributed by atoms with Crippen molar-refractivity contribution in [2.24, 2.45) is 0 Å². The lowest BCUT2D eigenvalue weighted by Crippen LogP contribution is -2.15. The van der Waals surface area contributed by atoms with Crippen LogP contribution >= 0.6 is 0 Å². The van der Waals surface area contributed by atoms with E-state index in [0.717, 1.165) is 28.9 Å². The molecule has 7 heteroatoms. The van der Waals surface area contributed by atoms with Gasteiger partial charge in [-0.1, -0.05) is 12.1 Å². The molecule has 0 aliphatic rings. The van der Waals surface area contributed by atoms with Gasteiger partial charge in [-0.2, -0.15) is 0 Å². The van der Waals surface area contributed by atoms with Crippen LogP contribution in [0.2, 0.25) is 0 Å². The van der Waals surface area contributed by atoms with Crippen LogP contribution in [0.5, 0.6) is 0 Å². The zero-order valence-corrected chi connectivity index (χ0v) is 14.2. The van der Waals surface area contributed by atoms with Gasteiger partial charge in [0.05, 0.1) is 18.1 Å². The molecule has 0 atom stereocenters. The third-order valence-corrected chi connectivity index (χ3v) is 3.93. The van der Waals surface area contributed by atoms with E-state index in [9.17, 15) is 13.6 Å². The Bertz CT molecular complexity index is 958. The maximum Gasteiger partial charge on any atom is 0.275 e. The predicted octanol–water partition coefficient (Wildman–Crippen LogP) is 4.37. The summed E-state index contributed by atoms with van der Waals surface area (Å²) in [6, 6.07) is 8.75. The molecule has 1 aromatic heterocycles. The lowest BCUT2D eigenvalue weighted by molar-refractivity contribution is 0.102. The highest BCUT2D eigenvalue weighted by Gasteiger charge is 2.12. The van der Waals surface area contributed by atoms with Crippen LogP contribution < -0.4 is 10.6 Å². The summed E-state index contributed by atoms with van der Waals surface area (Å²) in [5.74, 6) is -1.74. The number of aryl methyl sites for hydroxylation is 1. The van der Waals surface area contributed by atoms with Crippen LogP contribution in [0.25, 0.3) is 0 Å². The van der Waals surface area contributed by atoms with Crippen molar-refractivity contribution in [3.05, 3.63) is 77.2 Å². The molecule has 132 valence electrons. The number of amides is 1. The smallest absolute Gasteiger partial charge is 0.275 e. The molecular weight excluding hydrogens is 338 g/mol.